The summed E-state index contributed by atoms with van der Waals surface area (Å²) in [5.74, 6) is 0.338. The van der Waals surface area contributed by atoms with Gasteiger partial charge in [-0.15, -0.1) is 0 Å². The Labute approximate surface area is 130 Å². The molecule has 0 unspecified atom stereocenters. The Hall–Kier alpha value is -0.610. The van der Waals surface area contributed by atoms with E-state index in [1.165, 1.54) is 6.07 Å². The Bertz CT molecular complexity index is 446. The minimum Gasteiger partial charge on any atom is -0.496 e. The zero-order valence-electron chi connectivity index (χ0n) is 13.0. The number of aryl methyl sites for hydroxylation is 1. The van der Waals surface area contributed by atoms with Crippen molar-refractivity contribution in [2.75, 3.05) is 13.7 Å². The van der Waals surface area contributed by atoms with Gasteiger partial charge in [0.25, 0.3) is 0 Å². The highest BCUT2D eigenvalue weighted by Crippen LogP contribution is 2.30. The van der Waals surface area contributed by atoms with Crippen molar-refractivity contribution in [1.82, 2.24) is 5.32 Å². The molecule has 4 heteroatoms. The largest absolute Gasteiger partial charge is 0.496 e. The van der Waals surface area contributed by atoms with E-state index in [2.05, 4.69) is 48.9 Å². The lowest BCUT2D eigenvalue weighted by Crippen LogP contribution is -2.34. The molecule has 0 saturated carbocycles. The third kappa shape index (κ3) is 5.41. The van der Waals surface area contributed by atoms with E-state index in [0.29, 0.717) is 16.3 Å². The van der Waals surface area contributed by atoms with E-state index < -0.39 is 0 Å². The van der Waals surface area contributed by atoms with E-state index >= 15 is 0 Å². The van der Waals surface area contributed by atoms with Crippen molar-refractivity contribution in [3.8, 4) is 5.75 Å². The van der Waals surface area contributed by atoms with Crippen molar-refractivity contribution in [1.29, 1.82) is 0 Å². The second kappa shape index (κ2) is 7.41. The first-order valence-corrected chi connectivity index (χ1v) is 7.80. The SMILES string of the molecule is COc1cc(F)c(Br)cc1CCC(C)(C)CNC(C)C. The molecule has 0 aliphatic carbocycles. The third-order valence-corrected chi connectivity index (χ3v) is 3.99. The van der Waals surface area contributed by atoms with E-state index in [4.69, 9.17) is 4.74 Å². The number of methoxy groups -OCH3 is 1. The number of halogens is 2. The molecule has 1 aromatic rings. The summed E-state index contributed by atoms with van der Waals surface area (Å²) in [7, 11) is 1.58. The van der Waals surface area contributed by atoms with Gasteiger partial charge in [0.1, 0.15) is 11.6 Å². The lowest BCUT2D eigenvalue weighted by atomic mass is 9.86. The fourth-order valence-electron chi connectivity index (χ4n) is 2.00. The summed E-state index contributed by atoms with van der Waals surface area (Å²) in [6.45, 7) is 9.75. The van der Waals surface area contributed by atoms with Crippen LogP contribution in [0.3, 0.4) is 0 Å². The molecule has 0 fully saturated rings. The molecular formula is C16H25BrFNO. The maximum atomic E-state index is 13.5. The molecule has 0 heterocycles. The van der Waals surface area contributed by atoms with Crippen LogP contribution in [0.5, 0.6) is 5.75 Å². The Kier molecular flexibility index (Phi) is 6.46. The van der Waals surface area contributed by atoms with Gasteiger partial charge >= 0.3 is 0 Å². The third-order valence-electron chi connectivity index (χ3n) is 3.38. The van der Waals surface area contributed by atoms with Gasteiger partial charge in [0.2, 0.25) is 0 Å². The van der Waals surface area contributed by atoms with Crippen LogP contribution in [0.1, 0.15) is 39.7 Å². The maximum absolute atomic E-state index is 13.5. The molecule has 0 radical (unpaired) electrons. The highest BCUT2D eigenvalue weighted by Gasteiger charge is 2.19. The Morgan fingerprint density at radius 2 is 2.00 bits per heavy atom. The van der Waals surface area contributed by atoms with Crippen molar-refractivity contribution in [3.05, 3.63) is 28.0 Å². The molecule has 0 aliphatic heterocycles. The van der Waals surface area contributed by atoms with Crippen LogP contribution in [0.15, 0.2) is 16.6 Å². The molecule has 1 N–H and O–H groups in total. The summed E-state index contributed by atoms with van der Waals surface area (Å²) in [5, 5.41) is 3.47. The quantitative estimate of drug-likeness (QED) is 0.782. The van der Waals surface area contributed by atoms with Crippen LogP contribution in [0.4, 0.5) is 4.39 Å². The summed E-state index contributed by atoms with van der Waals surface area (Å²) < 4.78 is 19.3. The highest BCUT2D eigenvalue weighted by molar-refractivity contribution is 9.10. The summed E-state index contributed by atoms with van der Waals surface area (Å²) >= 11 is 3.24. The highest BCUT2D eigenvalue weighted by atomic mass is 79.9. The van der Waals surface area contributed by atoms with Crippen LogP contribution in [0.25, 0.3) is 0 Å². The Morgan fingerprint density at radius 3 is 2.55 bits per heavy atom. The maximum Gasteiger partial charge on any atom is 0.141 e. The van der Waals surface area contributed by atoms with Crippen LogP contribution in [0, 0.1) is 11.2 Å². The number of rotatable bonds is 7. The van der Waals surface area contributed by atoms with E-state index in [0.717, 1.165) is 24.9 Å². The van der Waals surface area contributed by atoms with Crippen molar-refractivity contribution in [3.63, 3.8) is 0 Å². The zero-order chi connectivity index (χ0) is 15.3. The smallest absolute Gasteiger partial charge is 0.141 e. The summed E-state index contributed by atoms with van der Waals surface area (Å²) in [6.07, 6.45) is 1.88. The van der Waals surface area contributed by atoms with Crippen LogP contribution < -0.4 is 10.1 Å². The lowest BCUT2D eigenvalue weighted by molar-refractivity contribution is 0.302. The molecule has 114 valence electrons. The average molecular weight is 346 g/mol. The minimum absolute atomic E-state index is 0.191. The van der Waals surface area contributed by atoms with E-state index in [9.17, 15) is 4.39 Å². The molecule has 1 rings (SSSR count). The van der Waals surface area contributed by atoms with Gasteiger partial charge < -0.3 is 10.1 Å². The molecule has 0 bridgehead atoms. The van der Waals surface area contributed by atoms with E-state index in [-0.39, 0.29) is 11.2 Å². The van der Waals surface area contributed by atoms with Gasteiger partial charge in [0, 0.05) is 18.7 Å². The van der Waals surface area contributed by atoms with E-state index in [1.54, 1.807) is 7.11 Å². The molecule has 0 saturated heterocycles. The van der Waals surface area contributed by atoms with Gasteiger partial charge in [-0.05, 0) is 45.8 Å². The first kappa shape index (κ1) is 17.4. The number of hydrogen-bond donors (Lipinski definition) is 1. The Balaban J connectivity index is 2.71. The predicted octanol–water partition coefficient (Wildman–Crippen LogP) is 4.55. The fourth-order valence-corrected chi connectivity index (χ4v) is 2.39. The summed E-state index contributed by atoms with van der Waals surface area (Å²) in [6, 6.07) is 3.75. The second-order valence-electron chi connectivity index (χ2n) is 6.28. The molecule has 0 amide bonds. The molecule has 0 spiro atoms. The Morgan fingerprint density at radius 1 is 1.35 bits per heavy atom. The van der Waals surface area contributed by atoms with E-state index in [1.807, 2.05) is 6.07 Å². The summed E-state index contributed by atoms with van der Waals surface area (Å²) in [4.78, 5) is 0. The molecule has 0 aromatic heterocycles. The van der Waals surface area contributed by atoms with Gasteiger partial charge in [-0.3, -0.25) is 0 Å². The standard InChI is InChI=1S/C16H25BrFNO/c1-11(2)19-10-16(3,4)7-6-12-8-13(17)14(18)9-15(12)20-5/h8-9,11,19H,6-7,10H2,1-5H3. The lowest BCUT2D eigenvalue weighted by Gasteiger charge is -2.26. The molecule has 0 atom stereocenters. The average Bonchev–Trinajstić information content (AvgIpc) is 2.37. The number of nitrogens with one attached hydrogen (secondary N) is 1. The van der Waals surface area contributed by atoms with Crippen LogP contribution in [0.2, 0.25) is 0 Å². The number of ether oxygens (including phenoxy) is 1. The minimum atomic E-state index is -0.286. The van der Waals surface area contributed by atoms with Crippen molar-refractivity contribution in [2.45, 2.75) is 46.6 Å². The number of hydrogen-bond acceptors (Lipinski definition) is 2. The van der Waals surface area contributed by atoms with Gasteiger partial charge in [0.15, 0.2) is 0 Å². The topological polar surface area (TPSA) is 21.3 Å². The zero-order valence-corrected chi connectivity index (χ0v) is 14.6. The van der Waals surface area contributed by atoms with Crippen LogP contribution >= 0.6 is 15.9 Å². The molecular weight excluding hydrogens is 321 g/mol. The second-order valence-corrected chi connectivity index (χ2v) is 7.13. The molecule has 0 aliphatic rings. The molecule has 2 nitrogen and oxygen atoms in total. The summed E-state index contributed by atoms with van der Waals surface area (Å²) in [5.41, 5.74) is 1.23. The van der Waals surface area contributed by atoms with Crippen molar-refractivity contribution >= 4 is 15.9 Å². The molecule has 20 heavy (non-hydrogen) atoms. The van der Waals surface area contributed by atoms with Gasteiger partial charge in [-0.25, -0.2) is 4.39 Å². The van der Waals surface area contributed by atoms with Crippen LogP contribution in [-0.2, 0) is 6.42 Å². The first-order valence-electron chi connectivity index (χ1n) is 7.00. The van der Waals surface area contributed by atoms with Crippen LogP contribution in [-0.4, -0.2) is 19.7 Å². The van der Waals surface area contributed by atoms with Crippen molar-refractivity contribution in [2.24, 2.45) is 5.41 Å². The molecule has 1 aromatic carbocycles. The van der Waals surface area contributed by atoms with Gasteiger partial charge in [-0.1, -0.05) is 27.7 Å². The van der Waals surface area contributed by atoms with Gasteiger partial charge in [0.05, 0.1) is 11.6 Å². The van der Waals surface area contributed by atoms with Gasteiger partial charge in [-0.2, -0.15) is 0 Å². The fraction of sp³-hybridized carbons (Fsp3) is 0.625. The number of benzene rings is 1. The predicted molar refractivity (Wildman–Crippen MR) is 85.9 cm³/mol. The normalized spacial score (nSPS) is 12.0. The monoisotopic (exact) mass is 345 g/mol. The van der Waals surface area contributed by atoms with Crippen molar-refractivity contribution < 1.29 is 9.13 Å². The first-order chi connectivity index (χ1) is 9.25.